The van der Waals surface area contributed by atoms with Crippen LogP contribution in [-0.4, -0.2) is 16.5 Å². The molecular weight excluding hydrogens is 585 g/mol. The molecule has 1 aliphatic rings. The molecule has 1 aromatic heterocycles. The van der Waals surface area contributed by atoms with E-state index in [0.29, 0.717) is 0 Å². The van der Waals surface area contributed by atoms with Crippen LogP contribution >= 0.6 is 0 Å². The fourth-order valence-electron chi connectivity index (χ4n) is 4.39. The summed E-state index contributed by atoms with van der Waals surface area (Å²) >= 11 is 0. The predicted molar refractivity (Wildman–Crippen MR) is 130 cm³/mol. The van der Waals surface area contributed by atoms with Gasteiger partial charge in [-0.15, -0.1) is 17.1 Å². The topological polar surface area (TPSA) is 11.4 Å². The van der Waals surface area contributed by atoms with Gasteiger partial charge in [0.25, 0.3) is 0 Å². The second-order valence-corrected chi connectivity index (χ2v) is 8.08. The number of hydrogen-bond donors (Lipinski definition) is 0. The number of rotatable bonds is 4. The van der Waals surface area contributed by atoms with Crippen LogP contribution in [0.4, 0.5) is 5.69 Å². The van der Waals surface area contributed by atoms with Gasteiger partial charge in [0.05, 0.1) is 0 Å². The molecule has 6 rings (SSSR count). The number of aromatic nitrogens is 1. The van der Waals surface area contributed by atoms with Crippen LogP contribution in [0.3, 0.4) is 0 Å². The zero-order chi connectivity index (χ0) is 21.5. The molecule has 0 fully saturated rings. The minimum atomic E-state index is 0. The normalized spacial score (nSPS) is 13.1. The quantitative estimate of drug-likeness (QED) is 0.229. The Kier molecular flexibility index (Phi) is 5.82. The van der Waals surface area contributed by atoms with Crippen LogP contribution in [0.5, 0.6) is 0 Å². The standard InChI is InChI=1S/C29H21N3.Pt/c1-30-16-17-31(21-30)25-11-7-8-22(19-25)18-23-14-15-29-27(20-23)26-12-5-6-13-28(26)32(29)24-9-3-2-4-10-24;/h2-9,11-13,15-17,20-21H,18H2,1H3;/q-4;+4. The van der Waals surface area contributed by atoms with Crippen LogP contribution in [0.25, 0.3) is 27.5 Å². The van der Waals surface area contributed by atoms with Crippen LogP contribution in [0.15, 0.2) is 91.3 Å². The second-order valence-electron chi connectivity index (χ2n) is 8.08. The van der Waals surface area contributed by atoms with Gasteiger partial charge in [-0.25, -0.2) is 0 Å². The van der Waals surface area contributed by atoms with Gasteiger partial charge in [-0.1, -0.05) is 29.4 Å². The second kappa shape index (κ2) is 8.92. The Morgan fingerprint density at radius 3 is 2.45 bits per heavy atom. The minimum Gasteiger partial charge on any atom is -0.510 e. The Hall–Kier alpha value is -3.29. The van der Waals surface area contributed by atoms with Crippen molar-refractivity contribution in [2.24, 2.45) is 0 Å². The van der Waals surface area contributed by atoms with Gasteiger partial charge in [-0.2, -0.15) is 84.5 Å². The average molecular weight is 607 g/mol. The molecule has 0 atom stereocenters. The summed E-state index contributed by atoms with van der Waals surface area (Å²) in [5.41, 5.74) is 6.72. The number of benzene rings is 4. The van der Waals surface area contributed by atoms with Gasteiger partial charge in [0.1, 0.15) is 0 Å². The van der Waals surface area contributed by atoms with Crippen LogP contribution in [-0.2, 0) is 27.5 Å². The summed E-state index contributed by atoms with van der Waals surface area (Å²) in [5.74, 6) is 0. The van der Waals surface area contributed by atoms with Crippen molar-refractivity contribution in [3.8, 4) is 5.69 Å². The first-order chi connectivity index (χ1) is 15.8. The van der Waals surface area contributed by atoms with Gasteiger partial charge >= 0.3 is 21.1 Å². The molecule has 0 radical (unpaired) electrons. The molecule has 162 valence electrons. The van der Waals surface area contributed by atoms with Crippen molar-refractivity contribution in [3.63, 3.8) is 0 Å². The molecule has 5 aromatic rings. The van der Waals surface area contributed by atoms with Crippen molar-refractivity contribution in [1.82, 2.24) is 9.47 Å². The SMILES string of the molecule is CN1C=CN(c2[c-]c(Cc3[c-]cc4c(c3)c3ccccc3n4-c3[c-]cccc3)ccc2)[CH-]1.[Pt+4]. The molecule has 1 aliphatic heterocycles. The first kappa shape index (κ1) is 21.5. The monoisotopic (exact) mass is 606 g/mol. The van der Waals surface area contributed by atoms with E-state index in [2.05, 4.69) is 94.4 Å². The van der Waals surface area contributed by atoms with Crippen molar-refractivity contribution >= 4 is 27.5 Å². The summed E-state index contributed by atoms with van der Waals surface area (Å²) < 4.78 is 2.27. The molecule has 4 aromatic carbocycles. The van der Waals surface area contributed by atoms with Gasteiger partial charge in [-0.05, 0) is 37.3 Å². The summed E-state index contributed by atoms with van der Waals surface area (Å²) in [6, 6.07) is 37.8. The Balaban J connectivity index is 0.00000228. The summed E-state index contributed by atoms with van der Waals surface area (Å²) in [5, 5.41) is 2.48. The number of fused-ring (bicyclic) bond motifs is 3. The van der Waals surface area contributed by atoms with Crippen molar-refractivity contribution in [3.05, 3.63) is 127 Å². The molecule has 0 amide bonds. The molecule has 0 bridgehead atoms. The molecule has 0 aliphatic carbocycles. The van der Waals surface area contributed by atoms with Gasteiger partial charge in [0, 0.05) is 5.52 Å². The predicted octanol–water partition coefficient (Wildman–Crippen LogP) is 6.11. The largest absolute Gasteiger partial charge is 4.00 e. The third kappa shape index (κ3) is 3.98. The molecule has 0 unspecified atom stereocenters. The fraction of sp³-hybridized carbons (Fsp3) is 0.0690. The Labute approximate surface area is 208 Å². The molecule has 0 saturated carbocycles. The number of hydrogen-bond acceptors (Lipinski definition) is 2. The minimum absolute atomic E-state index is 0. The number of nitrogens with zero attached hydrogens (tertiary/aromatic N) is 3. The Morgan fingerprint density at radius 1 is 0.788 bits per heavy atom. The van der Waals surface area contributed by atoms with Gasteiger partial charge in [0.15, 0.2) is 0 Å². The summed E-state index contributed by atoms with van der Waals surface area (Å²) in [6.07, 6.45) is 4.86. The maximum Gasteiger partial charge on any atom is 4.00 e. The van der Waals surface area contributed by atoms with Crippen LogP contribution < -0.4 is 4.90 Å². The first-order valence-electron chi connectivity index (χ1n) is 10.7. The average Bonchev–Trinajstić information content (AvgIpc) is 3.41. The van der Waals surface area contributed by atoms with Crippen molar-refractivity contribution in [2.45, 2.75) is 6.42 Å². The molecule has 0 N–H and O–H groups in total. The fourth-order valence-corrected chi connectivity index (χ4v) is 4.39. The van der Waals surface area contributed by atoms with E-state index >= 15 is 0 Å². The zero-order valence-electron chi connectivity index (χ0n) is 18.1. The molecule has 0 spiro atoms. The maximum atomic E-state index is 3.56. The smallest absolute Gasteiger partial charge is 0.510 e. The van der Waals surface area contributed by atoms with Gasteiger partial charge in [-0.3, -0.25) is 0 Å². The van der Waals surface area contributed by atoms with Crippen molar-refractivity contribution < 1.29 is 21.1 Å². The van der Waals surface area contributed by atoms with E-state index < -0.39 is 0 Å². The van der Waals surface area contributed by atoms with E-state index in [4.69, 9.17) is 0 Å². The molecule has 33 heavy (non-hydrogen) atoms. The van der Waals surface area contributed by atoms with Crippen molar-refractivity contribution in [1.29, 1.82) is 0 Å². The maximum absolute atomic E-state index is 3.56. The molecular formula is C29H21N3Pt. The van der Waals surface area contributed by atoms with E-state index in [-0.39, 0.29) is 21.1 Å². The molecule has 0 saturated heterocycles. The number of anilines is 1. The van der Waals surface area contributed by atoms with E-state index in [1.165, 1.54) is 16.3 Å². The van der Waals surface area contributed by atoms with E-state index in [9.17, 15) is 0 Å². The van der Waals surface area contributed by atoms with Gasteiger partial charge in [0.2, 0.25) is 0 Å². The summed E-state index contributed by atoms with van der Waals surface area (Å²) in [7, 11) is 2.02. The third-order valence-electron chi connectivity index (χ3n) is 5.87. The number of para-hydroxylation sites is 2. The van der Waals surface area contributed by atoms with E-state index in [0.717, 1.165) is 34.4 Å². The third-order valence-corrected chi connectivity index (χ3v) is 5.87. The molecule has 3 nitrogen and oxygen atoms in total. The van der Waals surface area contributed by atoms with E-state index in [1.807, 2.05) is 43.1 Å². The van der Waals surface area contributed by atoms with Crippen LogP contribution in [0, 0.1) is 24.9 Å². The molecule has 4 heteroatoms. The van der Waals surface area contributed by atoms with Gasteiger partial charge < -0.3 is 14.4 Å². The summed E-state index contributed by atoms with van der Waals surface area (Å²) in [6.45, 7) is 2.04. The van der Waals surface area contributed by atoms with Crippen LogP contribution in [0.1, 0.15) is 11.1 Å². The van der Waals surface area contributed by atoms with Crippen molar-refractivity contribution in [2.75, 3.05) is 11.9 Å². The zero-order valence-corrected chi connectivity index (χ0v) is 20.4. The Bertz CT molecular complexity index is 1450. The molecule has 2 heterocycles. The van der Waals surface area contributed by atoms with Crippen LogP contribution in [0.2, 0.25) is 0 Å². The summed E-state index contributed by atoms with van der Waals surface area (Å²) in [4.78, 5) is 4.11. The Morgan fingerprint density at radius 2 is 1.64 bits per heavy atom. The van der Waals surface area contributed by atoms with E-state index in [1.54, 1.807) is 0 Å². The first-order valence-corrected chi connectivity index (χ1v) is 10.7.